The number of aromatic nitrogens is 3. The Hall–Kier alpha value is -4.67. The van der Waals surface area contributed by atoms with Crippen LogP contribution in [0.3, 0.4) is 0 Å². The number of nitrogens with one attached hydrogen (secondary N) is 1. The number of ether oxygens (including phenoxy) is 2. The van der Waals surface area contributed by atoms with Gasteiger partial charge in [0.2, 0.25) is 11.7 Å². The van der Waals surface area contributed by atoms with Crippen LogP contribution in [0, 0.1) is 6.92 Å². The van der Waals surface area contributed by atoms with Crippen molar-refractivity contribution in [3.63, 3.8) is 0 Å². The number of amides is 1. The fourth-order valence-corrected chi connectivity index (χ4v) is 4.22. The molecule has 11 heteroatoms. The molecule has 188 valence electrons. The van der Waals surface area contributed by atoms with Gasteiger partial charge in [-0.05, 0) is 32.3 Å². The molecule has 0 unspecified atom stereocenters. The molecule has 1 aliphatic rings. The van der Waals surface area contributed by atoms with Crippen molar-refractivity contribution in [2.45, 2.75) is 38.2 Å². The first-order valence-electron chi connectivity index (χ1n) is 11.7. The number of esters is 1. The monoisotopic (exact) mass is 502 g/mol. The molecule has 3 aromatic heterocycles. The summed E-state index contributed by atoms with van der Waals surface area (Å²) in [6.45, 7) is 3.46. The summed E-state index contributed by atoms with van der Waals surface area (Å²) in [5, 5.41) is 6.63. The van der Waals surface area contributed by atoms with E-state index >= 15 is 0 Å². The number of oxazole rings is 2. The third-order valence-electron chi connectivity index (χ3n) is 6.47. The standard InChI is InChI=1S/C26H22N4O7/c1-13-20(29-25(32)34-14(2)15-7-5-4-6-8-15)21(37-30-13)22-27-16-11-19-17(12-18(16)35-22)28-23(36-19)26(9-10-26)24(31)33-3/h4-8,11-12,14H,9-10H2,1-3H3,(H,29,32)/t14-/m1/s1. The Kier molecular flexibility index (Phi) is 5.21. The molecule has 0 aliphatic heterocycles. The van der Waals surface area contributed by atoms with Crippen molar-refractivity contribution < 1.29 is 32.4 Å². The van der Waals surface area contributed by atoms with Gasteiger partial charge in [0.1, 0.15) is 33.9 Å². The lowest BCUT2D eigenvalue weighted by molar-refractivity contribution is -0.144. The molecule has 1 fully saturated rings. The van der Waals surface area contributed by atoms with E-state index in [1.165, 1.54) is 7.11 Å². The predicted molar refractivity (Wildman–Crippen MR) is 130 cm³/mol. The summed E-state index contributed by atoms with van der Waals surface area (Å²) < 4.78 is 27.6. The quantitative estimate of drug-likeness (QED) is 0.298. The first-order valence-corrected chi connectivity index (χ1v) is 11.7. The maximum absolute atomic E-state index is 12.6. The second kappa shape index (κ2) is 8.47. The SMILES string of the molecule is COC(=O)C1(c2nc3cc4oc(-c5onc(C)c5NC(=O)O[C@H](C)c5ccccc5)nc4cc3o2)CC1. The van der Waals surface area contributed by atoms with Crippen molar-refractivity contribution in [3.8, 4) is 11.7 Å². The van der Waals surface area contributed by atoms with Gasteiger partial charge in [-0.15, -0.1) is 0 Å². The first kappa shape index (κ1) is 22.8. The minimum absolute atomic E-state index is 0.114. The molecular formula is C26H22N4O7. The second-order valence-corrected chi connectivity index (χ2v) is 8.95. The smallest absolute Gasteiger partial charge is 0.412 e. The van der Waals surface area contributed by atoms with Crippen LogP contribution in [-0.2, 0) is 19.7 Å². The van der Waals surface area contributed by atoms with E-state index in [-0.39, 0.29) is 23.3 Å². The Morgan fingerprint density at radius 2 is 1.76 bits per heavy atom. The topological polar surface area (TPSA) is 143 Å². The number of hydrogen-bond donors (Lipinski definition) is 1. The van der Waals surface area contributed by atoms with Crippen molar-refractivity contribution in [1.82, 2.24) is 15.1 Å². The van der Waals surface area contributed by atoms with Gasteiger partial charge < -0.3 is 22.8 Å². The van der Waals surface area contributed by atoms with Crippen molar-refractivity contribution in [3.05, 3.63) is 59.6 Å². The maximum atomic E-state index is 12.6. The highest BCUT2D eigenvalue weighted by Gasteiger charge is 2.57. The number of benzene rings is 2. The zero-order valence-corrected chi connectivity index (χ0v) is 20.2. The van der Waals surface area contributed by atoms with E-state index in [0.717, 1.165) is 5.56 Å². The summed E-state index contributed by atoms with van der Waals surface area (Å²) in [4.78, 5) is 33.8. The fourth-order valence-electron chi connectivity index (χ4n) is 4.22. The van der Waals surface area contributed by atoms with Crippen LogP contribution in [0.5, 0.6) is 0 Å². The van der Waals surface area contributed by atoms with Gasteiger partial charge in [-0.2, -0.15) is 0 Å². The molecule has 1 saturated carbocycles. The molecule has 6 rings (SSSR count). The Balaban J connectivity index is 1.27. The molecule has 1 aliphatic carbocycles. The number of methoxy groups -OCH3 is 1. The third-order valence-corrected chi connectivity index (χ3v) is 6.47. The van der Waals surface area contributed by atoms with Gasteiger partial charge in [0.25, 0.3) is 5.89 Å². The van der Waals surface area contributed by atoms with Crippen molar-refractivity contribution in [1.29, 1.82) is 0 Å². The molecule has 1 amide bonds. The van der Waals surface area contributed by atoms with Crippen LogP contribution < -0.4 is 5.32 Å². The van der Waals surface area contributed by atoms with Crippen LogP contribution in [-0.4, -0.2) is 34.3 Å². The van der Waals surface area contributed by atoms with Crippen LogP contribution in [0.1, 0.15) is 43.0 Å². The lowest BCUT2D eigenvalue weighted by Gasteiger charge is -2.14. The van der Waals surface area contributed by atoms with Gasteiger partial charge in [0.05, 0.1) is 7.11 Å². The van der Waals surface area contributed by atoms with Crippen LogP contribution in [0.15, 0.2) is 55.8 Å². The Bertz CT molecular complexity index is 1590. The first-order chi connectivity index (χ1) is 17.9. The van der Waals surface area contributed by atoms with Gasteiger partial charge in [0.15, 0.2) is 11.2 Å². The molecule has 5 aromatic rings. The van der Waals surface area contributed by atoms with Gasteiger partial charge in [-0.1, -0.05) is 35.5 Å². The lowest BCUT2D eigenvalue weighted by Crippen LogP contribution is -2.22. The lowest BCUT2D eigenvalue weighted by atomic mass is 10.1. The predicted octanol–water partition coefficient (Wildman–Crippen LogP) is 5.45. The van der Waals surface area contributed by atoms with Crippen molar-refractivity contribution in [2.24, 2.45) is 0 Å². The summed E-state index contributed by atoms with van der Waals surface area (Å²) in [7, 11) is 1.35. The molecule has 0 bridgehead atoms. The van der Waals surface area contributed by atoms with Crippen LogP contribution >= 0.6 is 0 Å². The molecular weight excluding hydrogens is 480 g/mol. The van der Waals surface area contributed by atoms with E-state index in [9.17, 15) is 9.59 Å². The van der Waals surface area contributed by atoms with E-state index < -0.39 is 17.6 Å². The number of hydrogen-bond acceptors (Lipinski definition) is 10. The van der Waals surface area contributed by atoms with Crippen LogP contribution in [0.25, 0.3) is 33.9 Å². The number of nitrogens with zero attached hydrogens (tertiary/aromatic N) is 3. The van der Waals surface area contributed by atoms with E-state index in [4.69, 9.17) is 22.8 Å². The summed E-state index contributed by atoms with van der Waals surface area (Å²) in [5.74, 6) is 0.220. The number of rotatable bonds is 6. The second-order valence-electron chi connectivity index (χ2n) is 8.95. The summed E-state index contributed by atoms with van der Waals surface area (Å²) in [5.41, 5.74) is 2.64. The third kappa shape index (κ3) is 3.88. The minimum atomic E-state index is -0.821. The summed E-state index contributed by atoms with van der Waals surface area (Å²) in [6, 6.07) is 12.7. The molecule has 1 N–H and O–H groups in total. The average Bonchev–Trinajstić information content (AvgIpc) is 3.25. The fraction of sp³-hybridized carbons (Fsp3) is 0.269. The average molecular weight is 502 g/mol. The molecule has 0 radical (unpaired) electrons. The minimum Gasteiger partial charge on any atom is -0.468 e. The zero-order chi connectivity index (χ0) is 25.7. The maximum Gasteiger partial charge on any atom is 0.412 e. The van der Waals surface area contributed by atoms with E-state index in [2.05, 4.69) is 20.4 Å². The molecule has 2 aromatic carbocycles. The van der Waals surface area contributed by atoms with Crippen molar-refractivity contribution >= 4 is 39.9 Å². The molecule has 37 heavy (non-hydrogen) atoms. The van der Waals surface area contributed by atoms with Crippen LogP contribution in [0.2, 0.25) is 0 Å². The van der Waals surface area contributed by atoms with E-state index in [0.29, 0.717) is 46.6 Å². The largest absolute Gasteiger partial charge is 0.468 e. The van der Waals surface area contributed by atoms with E-state index in [1.54, 1.807) is 26.0 Å². The van der Waals surface area contributed by atoms with E-state index in [1.807, 2.05) is 30.3 Å². The normalized spacial score (nSPS) is 15.0. The number of carbonyl (C=O) groups is 2. The number of anilines is 1. The van der Waals surface area contributed by atoms with Gasteiger partial charge >= 0.3 is 12.1 Å². The number of carbonyl (C=O) groups excluding carboxylic acids is 2. The highest BCUT2D eigenvalue weighted by molar-refractivity contribution is 5.93. The van der Waals surface area contributed by atoms with Gasteiger partial charge in [-0.25, -0.2) is 14.8 Å². The zero-order valence-electron chi connectivity index (χ0n) is 20.2. The molecule has 0 spiro atoms. The van der Waals surface area contributed by atoms with Crippen molar-refractivity contribution in [2.75, 3.05) is 12.4 Å². The Labute approximate surface area is 209 Å². The number of fused-ring (bicyclic) bond motifs is 2. The van der Waals surface area contributed by atoms with Crippen LogP contribution in [0.4, 0.5) is 10.5 Å². The van der Waals surface area contributed by atoms with Gasteiger partial charge in [-0.3, -0.25) is 10.1 Å². The Morgan fingerprint density at radius 1 is 1.05 bits per heavy atom. The molecule has 1 atom stereocenters. The summed E-state index contributed by atoms with van der Waals surface area (Å²) in [6.07, 6.45) is 0.112. The highest BCUT2D eigenvalue weighted by atomic mass is 16.6. The molecule has 0 saturated heterocycles. The Morgan fingerprint density at radius 3 is 2.46 bits per heavy atom. The summed E-state index contributed by atoms with van der Waals surface area (Å²) >= 11 is 0. The molecule has 11 nitrogen and oxygen atoms in total. The van der Waals surface area contributed by atoms with Gasteiger partial charge in [0, 0.05) is 12.1 Å². The highest BCUT2D eigenvalue weighted by Crippen LogP contribution is 2.49. The number of aryl methyl sites for hydroxylation is 1. The molecule has 3 heterocycles.